The molecule has 1 heterocycles. The Kier molecular flexibility index (Phi) is 5.12. The highest BCUT2D eigenvalue weighted by Gasteiger charge is 2.38. The molecule has 0 spiro atoms. The van der Waals surface area contributed by atoms with Gasteiger partial charge < -0.3 is 10.0 Å². The minimum Gasteiger partial charge on any atom is -0.481 e. The monoisotopic (exact) mass is 341 g/mol. The van der Waals surface area contributed by atoms with Crippen molar-refractivity contribution >= 4 is 11.9 Å². The van der Waals surface area contributed by atoms with E-state index in [0.717, 1.165) is 11.1 Å². The summed E-state index contributed by atoms with van der Waals surface area (Å²) < 4.78 is 13.2. The quantitative estimate of drug-likeness (QED) is 0.906. The minimum atomic E-state index is -0.993. The average Bonchev–Trinajstić information content (AvgIpc) is 2.60. The van der Waals surface area contributed by atoms with Gasteiger partial charge in [0, 0.05) is 13.1 Å². The van der Waals surface area contributed by atoms with E-state index in [4.69, 9.17) is 0 Å². The van der Waals surface area contributed by atoms with Gasteiger partial charge in [-0.1, -0.05) is 42.5 Å². The van der Waals surface area contributed by atoms with Gasteiger partial charge >= 0.3 is 5.97 Å². The Labute approximate surface area is 145 Å². The van der Waals surface area contributed by atoms with Crippen molar-refractivity contribution in [3.63, 3.8) is 0 Å². The van der Waals surface area contributed by atoms with Gasteiger partial charge in [-0.2, -0.15) is 0 Å². The number of carboxylic acids is 1. The van der Waals surface area contributed by atoms with E-state index in [1.807, 2.05) is 30.3 Å². The molecule has 0 aliphatic carbocycles. The Morgan fingerprint density at radius 2 is 1.80 bits per heavy atom. The number of halogens is 1. The zero-order chi connectivity index (χ0) is 17.8. The number of piperidine rings is 1. The lowest BCUT2D eigenvalue weighted by Gasteiger charge is -2.37. The Bertz CT molecular complexity index is 745. The van der Waals surface area contributed by atoms with Gasteiger partial charge in [-0.3, -0.25) is 9.59 Å². The lowest BCUT2D eigenvalue weighted by Crippen LogP contribution is -2.45. The van der Waals surface area contributed by atoms with E-state index in [2.05, 4.69) is 0 Å². The molecule has 1 saturated heterocycles. The smallest absolute Gasteiger partial charge is 0.304 e. The van der Waals surface area contributed by atoms with Crippen molar-refractivity contribution in [1.82, 2.24) is 4.90 Å². The van der Waals surface area contributed by atoms with E-state index in [1.165, 1.54) is 12.1 Å². The second-order valence-electron chi connectivity index (χ2n) is 6.40. The SMILES string of the molecule is O=C(O)CC1C(=O)N(Cc2ccccc2)CC[C@H]1c1ccc(F)cc1. The third kappa shape index (κ3) is 4.05. The zero-order valence-corrected chi connectivity index (χ0v) is 13.8. The van der Waals surface area contributed by atoms with Crippen molar-refractivity contribution in [2.24, 2.45) is 5.92 Å². The van der Waals surface area contributed by atoms with Crippen molar-refractivity contribution < 1.29 is 19.1 Å². The van der Waals surface area contributed by atoms with E-state index in [9.17, 15) is 19.1 Å². The molecule has 1 fully saturated rings. The number of hydrogen-bond acceptors (Lipinski definition) is 2. The van der Waals surface area contributed by atoms with Crippen LogP contribution in [-0.2, 0) is 16.1 Å². The Balaban J connectivity index is 1.82. The Morgan fingerprint density at radius 1 is 1.12 bits per heavy atom. The summed E-state index contributed by atoms with van der Waals surface area (Å²) in [5.41, 5.74) is 1.84. The van der Waals surface area contributed by atoms with E-state index in [1.54, 1.807) is 17.0 Å². The molecule has 1 amide bonds. The molecule has 130 valence electrons. The molecule has 1 N–H and O–H groups in total. The molecule has 0 aromatic heterocycles. The molecule has 25 heavy (non-hydrogen) atoms. The van der Waals surface area contributed by atoms with Crippen molar-refractivity contribution in [2.75, 3.05) is 6.54 Å². The molecule has 2 aromatic rings. The van der Waals surface area contributed by atoms with Crippen LogP contribution in [0.5, 0.6) is 0 Å². The summed E-state index contributed by atoms with van der Waals surface area (Å²) in [6.45, 7) is 1.04. The maximum Gasteiger partial charge on any atom is 0.304 e. The van der Waals surface area contributed by atoms with E-state index in [-0.39, 0.29) is 24.1 Å². The number of carboxylic acid groups (broad SMARTS) is 1. The zero-order valence-electron chi connectivity index (χ0n) is 13.8. The van der Waals surface area contributed by atoms with Crippen LogP contribution in [-0.4, -0.2) is 28.4 Å². The topological polar surface area (TPSA) is 57.6 Å². The summed E-state index contributed by atoms with van der Waals surface area (Å²) in [5.74, 6) is -2.30. The number of carbonyl (C=O) groups is 2. The normalized spacial score (nSPS) is 20.5. The summed E-state index contributed by atoms with van der Waals surface area (Å²) in [4.78, 5) is 25.9. The fraction of sp³-hybridized carbons (Fsp3) is 0.300. The Morgan fingerprint density at radius 3 is 2.44 bits per heavy atom. The molecule has 3 rings (SSSR count). The lowest BCUT2D eigenvalue weighted by molar-refractivity contribution is -0.147. The van der Waals surface area contributed by atoms with Crippen molar-refractivity contribution in [3.8, 4) is 0 Å². The first-order valence-corrected chi connectivity index (χ1v) is 8.34. The van der Waals surface area contributed by atoms with Crippen LogP contribution < -0.4 is 0 Å². The first-order chi connectivity index (χ1) is 12.0. The maximum absolute atomic E-state index is 13.2. The van der Waals surface area contributed by atoms with Crippen LogP contribution in [0, 0.1) is 11.7 Å². The van der Waals surface area contributed by atoms with Crippen LogP contribution in [0.2, 0.25) is 0 Å². The molecule has 4 nitrogen and oxygen atoms in total. The standard InChI is InChI=1S/C20H20FNO3/c21-16-8-6-15(7-9-16)17-10-11-22(13-14-4-2-1-3-5-14)20(25)18(17)12-19(23)24/h1-9,17-18H,10-13H2,(H,23,24)/t17-,18?/m0/s1. The first kappa shape index (κ1) is 17.1. The lowest BCUT2D eigenvalue weighted by atomic mass is 9.78. The highest BCUT2D eigenvalue weighted by Crippen LogP contribution is 2.36. The molecular formula is C20H20FNO3. The number of likely N-dealkylation sites (tertiary alicyclic amines) is 1. The molecule has 0 bridgehead atoms. The third-order valence-electron chi connectivity index (χ3n) is 4.73. The second-order valence-corrected chi connectivity index (χ2v) is 6.40. The van der Waals surface area contributed by atoms with Gasteiger partial charge in [-0.25, -0.2) is 4.39 Å². The summed E-state index contributed by atoms with van der Waals surface area (Å²) in [5, 5.41) is 9.24. The van der Waals surface area contributed by atoms with E-state index >= 15 is 0 Å². The first-order valence-electron chi connectivity index (χ1n) is 8.34. The van der Waals surface area contributed by atoms with Gasteiger partial charge in [0.1, 0.15) is 5.82 Å². The third-order valence-corrected chi connectivity index (χ3v) is 4.73. The molecular weight excluding hydrogens is 321 g/mol. The number of nitrogens with zero attached hydrogens (tertiary/aromatic N) is 1. The van der Waals surface area contributed by atoms with Crippen LogP contribution in [0.15, 0.2) is 54.6 Å². The summed E-state index contributed by atoms with van der Waals surface area (Å²) in [7, 11) is 0. The van der Waals surface area contributed by atoms with Crippen molar-refractivity contribution in [2.45, 2.75) is 25.3 Å². The molecule has 1 unspecified atom stereocenters. The Hall–Kier alpha value is -2.69. The largest absolute Gasteiger partial charge is 0.481 e. The highest BCUT2D eigenvalue weighted by molar-refractivity contribution is 5.85. The maximum atomic E-state index is 13.2. The number of carbonyl (C=O) groups excluding carboxylic acids is 1. The molecule has 0 saturated carbocycles. The van der Waals surface area contributed by atoms with Crippen LogP contribution in [0.4, 0.5) is 4.39 Å². The van der Waals surface area contributed by atoms with Gasteiger partial charge in [-0.05, 0) is 35.6 Å². The average molecular weight is 341 g/mol. The van der Waals surface area contributed by atoms with Crippen molar-refractivity contribution in [3.05, 3.63) is 71.5 Å². The van der Waals surface area contributed by atoms with Gasteiger partial charge in [-0.15, -0.1) is 0 Å². The predicted molar refractivity (Wildman–Crippen MR) is 91.4 cm³/mol. The summed E-state index contributed by atoms with van der Waals surface area (Å²) in [6, 6.07) is 15.7. The van der Waals surface area contributed by atoms with Gasteiger partial charge in [0.05, 0.1) is 12.3 Å². The van der Waals surface area contributed by atoms with Gasteiger partial charge in [0.15, 0.2) is 0 Å². The van der Waals surface area contributed by atoms with E-state index in [0.29, 0.717) is 19.5 Å². The van der Waals surface area contributed by atoms with Crippen LogP contribution >= 0.6 is 0 Å². The van der Waals surface area contributed by atoms with E-state index < -0.39 is 11.9 Å². The molecule has 1 aliphatic heterocycles. The number of hydrogen-bond donors (Lipinski definition) is 1. The molecule has 2 aromatic carbocycles. The highest BCUT2D eigenvalue weighted by atomic mass is 19.1. The molecule has 2 atom stereocenters. The number of amides is 1. The number of aliphatic carboxylic acids is 1. The summed E-state index contributed by atoms with van der Waals surface area (Å²) in [6.07, 6.45) is 0.453. The number of benzene rings is 2. The molecule has 0 radical (unpaired) electrons. The van der Waals surface area contributed by atoms with Crippen LogP contribution in [0.25, 0.3) is 0 Å². The molecule has 1 aliphatic rings. The summed E-state index contributed by atoms with van der Waals surface area (Å²) >= 11 is 0. The minimum absolute atomic E-state index is 0.146. The number of rotatable bonds is 5. The fourth-order valence-electron chi connectivity index (χ4n) is 3.50. The fourth-order valence-corrected chi connectivity index (χ4v) is 3.50. The van der Waals surface area contributed by atoms with Gasteiger partial charge in [0.2, 0.25) is 5.91 Å². The van der Waals surface area contributed by atoms with Crippen LogP contribution in [0.3, 0.4) is 0 Å². The van der Waals surface area contributed by atoms with Gasteiger partial charge in [0.25, 0.3) is 0 Å². The molecule has 5 heteroatoms. The van der Waals surface area contributed by atoms with Crippen molar-refractivity contribution in [1.29, 1.82) is 0 Å². The predicted octanol–water partition coefficient (Wildman–Crippen LogP) is 3.43. The van der Waals surface area contributed by atoms with Crippen LogP contribution in [0.1, 0.15) is 29.9 Å². The second kappa shape index (κ2) is 7.47.